The molecule has 3 N–H and O–H groups in total. The second-order valence-electron chi connectivity index (χ2n) is 3.46. The summed E-state index contributed by atoms with van der Waals surface area (Å²) in [6.45, 7) is 1.90. The molecular formula is C9H11N3O2. The van der Waals surface area contributed by atoms with E-state index in [0.717, 1.165) is 11.1 Å². The number of aryl methyl sites for hydroxylation is 1. The van der Waals surface area contributed by atoms with E-state index in [2.05, 4.69) is 4.98 Å². The van der Waals surface area contributed by atoms with Crippen molar-refractivity contribution in [1.29, 1.82) is 0 Å². The lowest BCUT2D eigenvalue weighted by Crippen LogP contribution is -2.47. The molecule has 0 saturated carbocycles. The van der Waals surface area contributed by atoms with E-state index < -0.39 is 11.9 Å². The third-order valence-electron chi connectivity index (χ3n) is 2.25. The van der Waals surface area contributed by atoms with Gasteiger partial charge >= 0.3 is 0 Å². The quantitative estimate of drug-likeness (QED) is 0.568. The van der Waals surface area contributed by atoms with Crippen LogP contribution in [0.5, 0.6) is 0 Å². The van der Waals surface area contributed by atoms with Crippen molar-refractivity contribution >= 4 is 11.7 Å². The molecule has 1 aromatic heterocycles. The highest BCUT2D eigenvalue weighted by Crippen LogP contribution is 2.23. The van der Waals surface area contributed by atoms with Gasteiger partial charge in [0.25, 0.3) is 5.91 Å². The number of amides is 1. The molecule has 1 aliphatic rings. The minimum absolute atomic E-state index is 0.294. The zero-order valence-corrected chi connectivity index (χ0v) is 7.77. The Balaban J connectivity index is 2.50. The summed E-state index contributed by atoms with van der Waals surface area (Å²) in [6.07, 6.45) is 2.03. The van der Waals surface area contributed by atoms with Gasteiger partial charge in [0.1, 0.15) is 0 Å². The predicted molar refractivity (Wildman–Crippen MR) is 49.9 cm³/mol. The van der Waals surface area contributed by atoms with E-state index in [1.807, 2.05) is 13.0 Å². The molecule has 0 bridgehead atoms. The van der Waals surface area contributed by atoms with E-state index in [1.165, 1.54) is 0 Å². The first-order chi connectivity index (χ1) is 6.59. The van der Waals surface area contributed by atoms with Gasteiger partial charge in [0, 0.05) is 12.6 Å². The van der Waals surface area contributed by atoms with Crippen LogP contribution >= 0.6 is 0 Å². The Labute approximate surface area is 81.1 Å². The number of rotatable bonds is 0. The molecule has 2 rings (SSSR count). The summed E-state index contributed by atoms with van der Waals surface area (Å²) < 4.78 is 0. The number of aromatic nitrogens is 1. The third kappa shape index (κ3) is 1.26. The van der Waals surface area contributed by atoms with E-state index in [9.17, 15) is 10.0 Å². The Morgan fingerprint density at radius 2 is 2.43 bits per heavy atom. The zero-order chi connectivity index (χ0) is 10.3. The van der Waals surface area contributed by atoms with Gasteiger partial charge in [0.2, 0.25) is 0 Å². The fourth-order valence-corrected chi connectivity index (χ4v) is 1.55. The van der Waals surface area contributed by atoms with Crippen molar-refractivity contribution < 1.29 is 10.0 Å². The fourth-order valence-electron chi connectivity index (χ4n) is 1.55. The summed E-state index contributed by atoms with van der Waals surface area (Å²) in [4.78, 5) is 15.3. The van der Waals surface area contributed by atoms with Crippen LogP contribution in [0.2, 0.25) is 0 Å². The van der Waals surface area contributed by atoms with Crippen molar-refractivity contribution in [3.8, 4) is 0 Å². The maximum absolute atomic E-state index is 11.3. The van der Waals surface area contributed by atoms with Crippen molar-refractivity contribution in [2.45, 2.75) is 19.4 Å². The molecule has 0 radical (unpaired) electrons. The molecule has 1 aliphatic heterocycles. The Bertz CT molecular complexity index is 392. The van der Waals surface area contributed by atoms with Crippen LogP contribution in [-0.4, -0.2) is 22.1 Å². The first kappa shape index (κ1) is 9.11. The average molecular weight is 193 g/mol. The van der Waals surface area contributed by atoms with Crippen LogP contribution in [0.15, 0.2) is 12.3 Å². The molecular weight excluding hydrogens is 182 g/mol. The molecule has 0 saturated heterocycles. The number of hydroxylamine groups is 1. The maximum Gasteiger partial charge on any atom is 0.269 e. The Morgan fingerprint density at radius 1 is 1.71 bits per heavy atom. The lowest BCUT2D eigenvalue weighted by atomic mass is 10.0. The molecule has 1 atom stereocenters. The van der Waals surface area contributed by atoms with Crippen LogP contribution in [0, 0.1) is 6.92 Å². The van der Waals surface area contributed by atoms with Gasteiger partial charge in [0.05, 0.1) is 6.04 Å². The van der Waals surface area contributed by atoms with Gasteiger partial charge in [-0.3, -0.25) is 10.0 Å². The highest BCUT2D eigenvalue weighted by molar-refractivity contribution is 5.97. The second kappa shape index (κ2) is 3.04. The first-order valence-corrected chi connectivity index (χ1v) is 4.33. The minimum Gasteiger partial charge on any atom is -0.320 e. The van der Waals surface area contributed by atoms with Crippen LogP contribution in [-0.2, 0) is 11.2 Å². The van der Waals surface area contributed by atoms with E-state index in [1.54, 1.807) is 6.20 Å². The summed E-state index contributed by atoms with van der Waals surface area (Å²) in [5.74, 6) is -0.212. The first-order valence-electron chi connectivity index (χ1n) is 4.33. The monoisotopic (exact) mass is 193 g/mol. The Hall–Kier alpha value is -1.46. The smallest absolute Gasteiger partial charge is 0.269 e. The number of nitrogens with two attached hydrogens (primary N) is 1. The van der Waals surface area contributed by atoms with E-state index in [0.29, 0.717) is 17.3 Å². The van der Waals surface area contributed by atoms with Crippen LogP contribution in [0.1, 0.15) is 11.1 Å². The standard InChI is InChI=1S/C9H11N3O2/c1-5-2-6-3-7(10)9(13)12(14)8(6)11-4-5/h2,4,7,14H,3,10H2,1H3/t7-/m0/s1. The topological polar surface area (TPSA) is 79.5 Å². The summed E-state index contributed by atoms with van der Waals surface area (Å²) in [5.41, 5.74) is 7.34. The van der Waals surface area contributed by atoms with Crippen molar-refractivity contribution in [2.24, 2.45) is 5.73 Å². The SMILES string of the molecule is Cc1cnc2c(c1)C[C@H](N)C(=O)N2O. The predicted octanol–water partition coefficient (Wildman–Crippen LogP) is -0.00438. The number of anilines is 1. The molecule has 1 aromatic rings. The number of carbonyl (C=O) groups is 1. The fraction of sp³-hybridized carbons (Fsp3) is 0.333. The minimum atomic E-state index is -0.670. The lowest BCUT2D eigenvalue weighted by molar-refractivity contribution is -0.125. The number of pyridine rings is 1. The molecule has 14 heavy (non-hydrogen) atoms. The number of hydrogen-bond donors (Lipinski definition) is 2. The molecule has 0 aliphatic carbocycles. The van der Waals surface area contributed by atoms with E-state index in [-0.39, 0.29) is 0 Å². The molecule has 0 aromatic carbocycles. The lowest BCUT2D eigenvalue weighted by Gasteiger charge is -2.26. The number of hydrogen-bond acceptors (Lipinski definition) is 4. The maximum atomic E-state index is 11.3. The zero-order valence-electron chi connectivity index (χ0n) is 7.77. The van der Waals surface area contributed by atoms with Crippen molar-refractivity contribution in [1.82, 2.24) is 4.98 Å². The largest absolute Gasteiger partial charge is 0.320 e. The van der Waals surface area contributed by atoms with Gasteiger partial charge in [-0.25, -0.2) is 4.98 Å². The van der Waals surface area contributed by atoms with Gasteiger partial charge < -0.3 is 5.73 Å². The number of fused-ring (bicyclic) bond motifs is 1. The molecule has 2 heterocycles. The molecule has 74 valence electrons. The molecule has 0 spiro atoms. The number of nitrogens with zero attached hydrogens (tertiary/aromatic N) is 2. The van der Waals surface area contributed by atoms with Crippen LogP contribution in [0.4, 0.5) is 5.82 Å². The number of carbonyl (C=O) groups excluding carboxylic acids is 1. The van der Waals surface area contributed by atoms with Gasteiger partial charge in [-0.05, 0) is 18.1 Å². The average Bonchev–Trinajstić information content (AvgIpc) is 2.14. The van der Waals surface area contributed by atoms with Crippen LogP contribution < -0.4 is 10.8 Å². The Kier molecular flexibility index (Phi) is 1.98. The molecule has 0 unspecified atom stereocenters. The van der Waals surface area contributed by atoms with Gasteiger partial charge in [-0.2, -0.15) is 5.06 Å². The molecule has 5 nitrogen and oxygen atoms in total. The Morgan fingerprint density at radius 3 is 3.14 bits per heavy atom. The highest BCUT2D eigenvalue weighted by Gasteiger charge is 2.30. The molecule has 5 heteroatoms. The second-order valence-corrected chi connectivity index (χ2v) is 3.46. The summed E-state index contributed by atoms with van der Waals surface area (Å²) in [5, 5.41) is 9.96. The molecule has 1 amide bonds. The highest BCUT2D eigenvalue weighted by atomic mass is 16.5. The van der Waals surface area contributed by atoms with Gasteiger partial charge in [-0.15, -0.1) is 0 Å². The van der Waals surface area contributed by atoms with Crippen molar-refractivity contribution in [2.75, 3.05) is 5.06 Å². The van der Waals surface area contributed by atoms with Crippen LogP contribution in [0.3, 0.4) is 0 Å². The summed E-state index contributed by atoms with van der Waals surface area (Å²) >= 11 is 0. The van der Waals surface area contributed by atoms with Crippen molar-refractivity contribution in [3.63, 3.8) is 0 Å². The third-order valence-corrected chi connectivity index (χ3v) is 2.25. The summed E-state index contributed by atoms with van der Waals surface area (Å²) in [6, 6.07) is 1.20. The summed E-state index contributed by atoms with van der Waals surface area (Å²) in [7, 11) is 0. The van der Waals surface area contributed by atoms with E-state index in [4.69, 9.17) is 5.73 Å². The normalized spacial score (nSPS) is 20.9. The molecule has 0 fully saturated rings. The van der Waals surface area contributed by atoms with Crippen molar-refractivity contribution in [3.05, 3.63) is 23.4 Å². The van der Waals surface area contributed by atoms with Crippen LogP contribution in [0.25, 0.3) is 0 Å². The van der Waals surface area contributed by atoms with Gasteiger partial charge in [0.15, 0.2) is 5.82 Å². The van der Waals surface area contributed by atoms with E-state index >= 15 is 0 Å². The van der Waals surface area contributed by atoms with Gasteiger partial charge in [-0.1, -0.05) is 6.07 Å².